The van der Waals surface area contributed by atoms with E-state index in [1.54, 1.807) is 0 Å². The lowest BCUT2D eigenvalue weighted by atomic mass is 9.85. The van der Waals surface area contributed by atoms with E-state index in [2.05, 4.69) is 26.1 Å². The van der Waals surface area contributed by atoms with Crippen molar-refractivity contribution in [2.75, 3.05) is 0 Å². The zero-order valence-electron chi connectivity index (χ0n) is 10.9. The van der Waals surface area contributed by atoms with Gasteiger partial charge in [-0.25, -0.2) is 0 Å². The van der Waals surface area contributed by atoms with E-state index in [0.29, 0.717) is 16.7 Å². The lowest BCUT2D eigenvalue weighted by Gasteiger charge is -2.25. The number of rotatable bonds is 2. The summed E-state index contributed by atoms with van der Waals surface area (Å²) in [5, 5.41) is 4.72. The van der Waals surface area contributed by atoms with E-state index in [0.717, 1.165) is 22.9 Å². The molecule has 2 atom stereocenters. The molecule has 1 aromatic heterocycles. The quantitative estimate of drug-likeness (QED) is 0.878. The van der Waals surface area contributed by atoms with Crippen molar-refractivity contribution in [1.82, 2.24) is 10.1 Å². The Balaban J connectivity index is 1.87. The molecule has 0 amide bonds. The van der Waals surface area contributed by atoms with Gasteiger partial charge in [-0.15, -0.1) is 0 Å². The molecule has 106 valence electrons. The van der Waals surface area contributed by atoms with Crippen LogP contribution in [0.3, 0.4) is 0 Å². The molecule has 0 radical (unpaired) electrons. The van der Waals surface area contributed by atoms with Crippen LogP contribution in [0.2, 0.25) is 5.02 Å². The first-order valence-electron chi connectivity index (χ1n) is 6.70. The monoisotopic (exact) mass is 355 g/mol. The van der Waals surface area contributed by atoms with Crippen LogP contribution in [-0.2, 0) is 0 Å². The Morgan fingerprint density at radius 3 is 2.85 bits per heavy atom. The molecule has 6 heteroatoms. The molecule has 1 aromatic carbocycles. The number of nitrogens with zero attached hydrogens (tertiary/aromatic N) is 2. The smallest absolute Gasteiger partial charge is 0.231 e. The minimum Gasteiger partial charge on any atom is -0.339 e. The van der Waals surface area contributed by atoms with Crippen LogP contribution in [0.1, 0.15) is 37.5 Å². The van der Waals surface area contributed by atoms with Crippen molar-refractivity contribution in [2.24, 2.45) is 5.73 Å². The Morgan fingerprint density at radius 1 is 1.30 bits per heavy atom. The van der Waals surface area contributed by atoms with E-state index >= 15 is 0 Å². The predicted octanol–water partition coefficient (Wildman–Crippen LogP) is 4.14. The molecule has 4 nitrogen and oxygen atoms in total. The van der Waals surface area contributed by atoms with Crippen LogP contribution in [0.5, 0.6) is 0 Å². The maximum Gasteiger partial charge on any atom is 0.231 e. The van der Waals surface area contributed by atoms with Crippen molar-refractivity contribution in [1.29, 1.82) is 0 Å². The second-order valence-electron chi connectivity index (χ2n) is 5.14. The van der Waals surface area contributed by atoms with Gasteiger partial charge < -0.3 is 10.3 Å². The number of aromatic nitrogens is 2. The van der Waals surface area contributed by atoms with Crippen molar-refractivity contribution in [3.8, 4) is 11.4 Å². The molecule has 0 aliphatic heterocycles. The molecular formula is C14H15BrClN3O. The summed E-state index contributed by atoms with van der Waals surface area (Å²) in [7, 11) is 0. The van der Waals surface area contributed by atoms with Gasteiger partial charge in [0, 0.05) is 16.1 Å². The van der Waals surface area contributed by atoms with Gasteiger partial charge in [-0.05, 0) is 47.0 Å². The second kappa shape index (κ2) is 5.84. The number of halogens is 2. The second-order valence-corrected chi connectivity index (χ2v) is 6.40. The molecule has 0 saturated heterocycles. The Labute approximate surface area is 130 Å². The van der Waals surface area contributed by atoms with Gasteiger partial charge in [-0.1, -0.05) is 29.6 Å². The molecule has 1 fully saturated rings. The fourth-order valence-corrected chi connectivity index (χ4v) is 3.10. The van der Waals surface area contributed by atoms with Crippen LogP contribution in [-0.4, -0.2) is 16.2 Å². The molecule has 3 rings (SSSR count). The van der Waals surface area contributed by atoms with Gasteiger partial charge in [0.2, 0.25) is 11.7 Å². The fourth-order valence-electron chi connectivity index (χ4n) is 2.60. The highest BCUT2D eigenvalue weighted by Gasteiger charge is 2.28. The first kappa shape index (κ1) is 14.0. The highest BCUT2D eigenvalue weighted by Crippen LogP contribution is 2.33. The SMILES string of the molecule is NC1CCCCC1c1nc(-c2ccc(Cl)c(Br)c2)no1. The first-order valence-corrected chi connectivity index (χ1v) is 7.87. The predicted molar refractivity (Wildman–Crippen MR) is 81.6 cm³/mol. The van der Waals surface area contributed by atoms with Gasteiger partial charge in [0.05, 0.1) is 10.9 Å². The lowest BCUT2D eigenvalue weighted by Crippen LogP contribution is -2.31. The summed E-state index contributed by atoms with van der Waals surface area (Å²) in [6, 6.07) is 5.69. The topological polar surface area (TPSA) is 64.9 Å². The van der Waals surface area contributed by atoms with E-state index in [-0.39, 0.29) is 12.0 Å². The number of hydrogen-bond acceptors (Lipinski definition) is 4. The molecule has 1 saturated carbocycles. The Morgan fingerprint density at radius 2 is 2.10 bits per heavy atom. The Kier molecular flexibility index (Phi) is 4.10. The van der Waals surface area contributed by atoms with Crippen LogP contribution in [0, 0.1) is 0 Å². The highest BCUT2D eigenvalue weighted by atomic mass is 79.9. The van der Waals surface area contributed by atoms with Gasteiger partial charge in [0.25, 0.3) is 0 Å². The fraction of sp³-hybridized carbons (Fsp3) is 0.429. The van der Waals surface area contributed by atoms with E-state index in [1.807, 2.05) is 18.2 Å². The number of benzene rings is 1. The highest BCUT2D eigenvalue weighted by molar-refractivity contribution is 9.10. The zero-order valence-corrected chi connectivity index (χ0v) is 13.2. The third kappa shape index (κ3) is 2.75. The van der Waals surface area contributed by atoms with E-state index < -0.39 is 0 Å². The van der Waals surface area contributed by atoms with Gasteiger partial charge in [-0.2, -0.15) is 4.98 Å². The Bertz CT molecular complexity index is 616. The summed E-state index contributed by atoms with van der Waals surface area (Å²) in [4.78, 5) is 4.50. The molecule has 2 unspecified atom stereocenters. The summed E-state index contributed by atoms with van der Waals surface area (Å²) in [6.45, 7) is 0. The zero-order chi connectivity index (χ0) is 14.1. The van der Waals surface area contributed by atoms with Crippen LogP contribution in [0.4, 0.5) is 0 Å². The van der Waals surface area contributed by atoms with Crippen LogP contribution < -0.4 is 5.73 Å². The maximum atomic E-state index is 6.15. The van der Waals surface area contributed by atoms with Gasteiger partial charge in [0.15, 0.2) is 0 Å². The molecule has 0 spiro atoms. The lowest BCUT2D eigenvalue weighted by molar-refractivity contribution is 0.290. The van der Waals surface area contributed by atoms with Gasteiger partial charge >= 0.3 is 0 Å². The molecule has 2 N–H and O–H groups in total. The standard InChI is InChI=1S/C14H15BrClN3O/c15-10-7-8(5-6-11(10)16)13-18-14(20-19-13)9-3-1-2-4-12(9)17/h5-7,9,12H,1-4,17H2. The summed E-state index contributed by atoms with van der Waals surface area (Å²) in [6.07, 6.45) is 4.40. The molecule has 0 bridgehead atoms. The number of nitrogens with two attached hydrogens (primary N) is 1. The minimum absolute atomic E-state index is 0.119. The van der Waals surface area contributed by atoms with Crippen LogP contribution in [0.25, 0.3) is 11.4 Å². The van der Waals surface area contributed by atoms with Gasteiger partial charge in [0.1, 0.15) is 0 Å². The van der Waals surface area contributed by atoms with E-state index in [9.17, 15) is 0 Å². The molecule has 1 aliphatic rings. The van der Waals surface area contributed by atoms with Crippen molar-refractivity contribution in [2.45, 2.75) is 37.6 Å². The van der Waals surface area contributed by atoms with Crippen LogP contribution >= 0.6 is 27.5 Å². The minimum atomic E-state index is 0.119. The number of hydrogen-bond donors (Lipinski definition) is 1. The summed E-state index contributed by atoms with van der Waals surface area (Å²) in [5.74, 6) is 1.41. The normalized spacial score (nSPS) is 22.9. The molecular weight excluding hydrogens is 342 g/mol. The largest absolute Gasteiger partial charge is 0.339 e. The van der Waals surface area contributed by atoms with Gasteiger partial charge in [-0.3, -0.25) is 0 Å². The van der Waals surface area contributed by atoms with Crippen molar-refractivity contribution in [3.05, 3.63) is 33.6 Å². The third-order valence-corrected chi connectivity index (χ3v) is 4.97. The van der Waals surface area contributed by atoms with Crippen molar-refractivity contribution in [3.63, 3.8) is 0 Å². The summed E-state index contributed by atoms with van der Waals surface area (Å²) < 4.78 is 6.23. The Hall–Kier alpha value is -0.910. The van der Waals surface area contributed by atoms with Crippen molar-refractivity contribution < 1.29 is 4.52 Å². The third-order valence-electron chi connectivity index (χ3n) is 3.76. The van der Waals surface area contributed by atoms with E-state index in [4.69, 9.17) is 21.9 Å². The average molecular weight is 357 g/mol. The molecule has 20 heavy (non-hydrogen) atoms. The molecule has 2 aromatic rings. The van der Waals surface area contributed by atoms with Crippen LogP contribution in [0.15, 0.2) is 27.2 Å². The molecule has 1 aliphatic carbocycles. The summed E-state index contributed by atoms with van der Waals surface area (Å²) in [5.41, 5.74) is 7.03. The van der Waals surface area contributed by atoms with E-state index in [1.165, 1.54) is 12.8 Å². The van der Waals surface area contributed by atoms with Crippen molar-refractivity contribution >= 4 is 27.5 Å². The first-order chi connectivity index (χ1) is 9.65. The molecule has 1 heterocycles. The maximum absolute atomic E-state index is 6.15. The average Bonchev–Trinajstić information content (AvgIpc) is 2.92. The summed E-state index contributed by atoms with van der Waals surface area (Å²) >= 11 is 9.38.